The summed E-state index contributed by atoms with van der Waals surface area (Å²) in [7, 11) is 0. The van der Waals surface area contributed by atoms with Crippen molar-refractivity contribution >= 4 is 5.97 Å². The van der Waals surface area contributed by atoms with Crippen molar-refractivity contribution in [1.82, 2.24) is 0 Å². The Bertz CT molecular complexity index is 371. The lowest BCUT2D eigenvalue weighted by molar-refractivity contribution is -0.145. The van der Waals surface area contributed by atoms with Crippen LogP contribution in [-0.4, -0.2) is 12.6 Å². The van der Waals surface area contributed by atoms with Gasteiger partial charge in [0.2, 0.25) is 0 Å². The number of hydrogen-bond donors (Lipinski definition) is 0. The van der Waals surface area contributed by atoms with Crippen molar-refractivity contribution in [2.75, 3.05) is 6.61 Å². The van der Waals surface area contributed by atoms with Crippen molar-refractivity contribution in [2.24, 2.45) is 0 Å². The van der Waals surface area contributed by atoms with Gasteiger partial charge in [-0.3, -0.25) is 4.79 Å². The molecular formula is C13H16F2O2. The van der Waals surface area contributed by atoms with E-state index in [9.17, 15) is 13.6 Å². The molecule has 1 unspecified atom stereocenters. The Morgan fingerprint density at radius 2 is 1.82 bits per heavy atom. The fourth-order valence-corrected chi connectivity index (χ4v) is 1.62. The third-order valence-corrected chi connectivity index (χ3v) is 2.43. The third-order valence-electron chi connectivity index (χ3n) is 2.43. The zero-order valence-electron chi connectivity index (χ0n) is 10.0. The van der Waals surface area contributed by atoms with Gasteiger partial charge in [-0.15, -0.1) is 0 Å². The minimum atomic E-state index is -0.679. The molecule has 0 amide bonds. The molecule has 0 saturated heterocycles. The SMILES string of the molecule is CCCOC(=O)C(CC)c1cc(F)cc(F)c1. The molecule has 0 bridgehead atoms. The number of esters is 1. The van der Waals surface area contributed by atoms with Crippen LogP contribution >= 0.6 is 0 Å². The Kier molecular flexibility index (Phi) is 5.07. The molecule has 1 rings (SSSR count). The van der Waals surface area contributed by atoms with Gasteiger partial charge in [-0.2, -0.15) is 0 Å². The van der Waals surface area contributed by atoms with Gasteiger partial charge in [-0.1, -0.05) is 13.8 Å². The zero-order chi connectivity index (χ0) is 12.8. The fourth-order valence-electron chi connectivity index (χ4n) is 1.62. The molecule has 4 heteroatoms. The number of halogens is 2. The highest BCUT2D eigenvalue weighted by Gasteiger charge is 2.21. The van der Waals surface area contributed by atoms with Crippen LogP contribution in [0.15, 0.2) is 18.2 Å². The first-order valence-electron chi connectivity index (χ1n) is 5.71. The Labute approximate surface area is 99.6 Å². The van der Waals surface area contributed by atoms with E-state index < -0.39 is 23.5 Å². The van der Waals surface area contributed by atoms with Crippen LogP contribution in [-0.2, 0) is 9.53 Å². The van der Waals surface area contributed by atoms with E-state index in [1.165, 1.54) is 12.1 Å². The minimum absolute atomic E-state index is 0.325. The number of hydrogen-bond acceptors (Lipinski definition) is 2. The highest BCUT2D eigenvalue weighted by Crippen LogP contribution is 2.23. The lowest BCUT2D eigenvalue weighted by Crippen LogP contribution is -2.16. The van der Waals surface area contributed by atoms with Gasteiger partial charge in [-0.05, 0) is 30.5 Å². The second kappa shape index (κ2) is 6.33. The van der Waals surface area contributed by atoms with Gasteiger partial charge in [0.15, 0.2) is 0 Å². The van der Waals surface area contributed by atoms with Crippen LogP contribution in [0.4, 0.5) is 8.78 Å². The van der Waals surface area contributed by atoms with Crippen LogP contribution < -0.4 is 0 Å². The summed E-state index contributed by atoms with van der Waals surface area (Å²) >= 11 is 0. The van der Waals surface area contributed by atoms with Crippen molar-refractivity contribution in [1.29, 1.82) is 0 Å². The first-order valence-corrected chi connectivity index (χ1v) is 5.71. The Morgan fingerprint density at radius 3 is 2.29 bits per heavy atom. The molecule has 0 spiro atoms. The summed E-state index contributed by atoms with van der Waals surface area (Å²) in [6.07, 6.45) is 1.17. The van der Waals surface area contributed by atoms with E-state index in [0.717, 1.165) is 12.5 Å². The second-order valence-corrected chi connectivity index (χ2v) is 3.83. The van der Waals surface area contributed by atoms with Gasteiger partial charge in [0.1, 0.15) is 11.6 Å². The molecule has 0 aromatic heterocycles. The molecule has 17 heavy (non-hydrogen) atoms. The van der Waals surface area contributed by atoms with Gasteiger partial charge >= 0.3 is 5.97 Å². The smallest absolute Gasteiger partial charge is 0.313 e. The van der Waals surface area contributed by atoms with Crippen LogP contribution in [0.2, 0.25) is 0 Å². The molecule has 0 aliphatic heterocycles. The van der Waals surface area contributed by atoms with Gasteiger partial charge in [0, 0.05) is 6.07 Å². The summed E-state index contributed by atoms with van der Waals surface area (Å²) in [6, 6.07) is 3.13. The first-order chi connectivity index (χ1) is 8.08. The number of rotatable bonds is 5. The Hall–Kier alpha value is -1.45. The minimum Gasteiger partial charge on any atom is -0.465 e. The van der Waals surface area contributed by atoms with Crippen molar-refractivity contribution in [2.45, 2.75) is 32.6 Å². The predicted octanol–water partition coefficient (Wildman–Crippen LogP) is 3.41. The first kappa shape index (κ1) is 13.6. The van der Waals surface area contributed by atoms with Crippen LogP contribution in [0.1, 0.15) is 38.2 Å². The van der Waals surface area contributed by atoms with Crippen molar-refractivity contribution in [3.63, 3.8) is 0 Å². The molecule has 2 nitrogen and oxygen atoms in total. The molecule has 0 saturated carbocycles. The van der Waals surface area contributed by atoms with Crippen LogP contribution in [0.5, 0.6) is 0 Å². The quantitative estimate of drug-likeness (QED) is 0.739. The van der Waals surface area contributed by atoms with Crippen molar-refractivity contribution < 1.29 is 18.3 Å². The topological polar surface area (TPSA) is 26.3 Å². The number of benzene rings is 1. The highest BCUT2D eigenvalue weighted by atomic mass is 19.1. The molecule has 0 fully saturated rings. The summed E-state index contributed by atoms with van der Waals surface area (Å²) < 4.78 is 31.1. The van der Waals surface area contributed by atoms with Gasteiger partial charge in [0.05, 0.1) is 12.5 Å². The fraction of sp³-hybridized carbons (Fsp3) is 0.462. The monoisotopic (exact) mass is 242 g/mol. The molecule has 1 aromatic rings. The van der Waals surface area contributed by atoms with E-state index in [-0.39, 0.29) is 0 Å². The molecule has 1 atom stereocenters. The summed E-state index contributed by atoms with van der Waals surface area (Å²) in [6.45, 7) is 3.99. The average Bonchev–Trinajstić information content (AvgIpc) is 2.26. The van der Waals surface area contributed by atoms with Crippen molar-refractivity contribution in [3.8, 4) is 0 Å². The molecule has 1 aromatic carbocycles. The molecule has 0 N–H and O–H groups in total. The van der Waals surface area contributed by atoms with E-state index in [4.69, 9.17) is 4.74 Å². The standard InChI is InChI=1S/C13H16F2O2/c1-3-5-17-13(16)12(4-2)9-6-10(14)8-11(15)7-9/h6-8,12H,3-5H2,1-2H3. The maximum absolute atomic E-state index is 13.0. The summed E-state index contributed by atoms with van der Waals surface area (Å²) in [4.78, 5) is 11.7. The summed E-state index contributed by atoms with van der Waals surface area (Å²) in [5.41, 5.74) is 0.325. The van der Waals surface area contributed by atoms with Crippen LogP contribution in [0, 0.1) is 11.6 Å². The third kappa shape index (κ3) is 3.80. The normalized spacial score (nSPS) is 12.2. The molecule has 0 radical (unpaired) electrons. The number of carbonyl (C=O) groups is 1. The number of carbonyl (C=O) groups excluding carboxylic acids is 1. The lowest BCUT2D eigenvalue weighted by atomic mass is 9.96. The largest absolute Gasteiger partial charge is 0.465 e. The van der Waals surface area contributed by atoms with E-state index in [2.05, 4.69) is 0 Å². The average molecular weight is 242 g/mol. The Balaban J connectivity index is 2.89. The number of ether oxygens (including phenoxy) is 1. The highest BCUT2D eigenvalue weighted by molar-refractivity contribution is 5.78. The second-order valence-electron chi connectivity index (χ2n) is 3.83. The maximum Gasteiger partial charge on any atom is 0.313 e. The maximum atomic E-state index is 13.0. The Morgan fingerprint density at radius 1 is 1.24 bits per heavy atom. The van der Waals surface area contributed by atoms with Crippen LogP contribution in [0.3, 0.4) is 0 Å². The molecule has 94 valence electrons. The molecular weight excluding hydrogens is 226 g/mol. The van der Waals surface area contributed by atoms with Gasteiger partial charge < -0.3 is 4.74 Å². The van der Waals surface area contributed by atoms with Crippen molar-refractivity contribution in [3.05, 3.63) is 35.4 Å². The molecule has 0 aliphatic rings. The van der Waals surface area contributed by atoms with Crippen LogP contribution in [0.25, 0.3) is 0 Å². The van der Waals surface area contributed by atoms with E-state index in [0.29, 0.717) is 18.6 Å². The molecule has 0 heterocycles. The van der Waals surface area contributed by atoms with E-state index in [1.807, 2.05) is 6.92 Å². The van der Waals surface area contributed by atoms with E-state index in [1.54, 1.807) is 6.92 Å². The van der Waals surface area contributed by atoms with Gasteiger partial charge in [-0.25, -0.2) is 8.78 Å². The summed E-state index contributed by atoms with van der Waals surface area (Å²) in [5, 5.41) is 0. The lowest BCUT2D eigenvalue weighted by Gasteiger charge is -2.14. The molecule has 0 aliphatic carbocycles. The predicted molar refractivity (Wildman–Crippen MR) is 60.6 cm³/mol. The summed E-state index contributed by atoms with van der Waals surface area (Å²) in [5.74, 6) is -2.39. The van der Waals surface area contributed by atoms with Gasteiger partial charge in [0.25, 0.3) is 0 Å². The zero-order valence-corrected chi connectivity index (χ0v) is 10.0. The van der Waals surface area contributed by atoms with E-state index >= 15 is 0 Å².